The molecule has 3 nitrogen and oxygen atoms in total. The number of nitrogens with zero attached hydrogens (tertiary/aromatic N) is 2. The third kappa shape index (κ3) is 6.06. The summed E-state index contributed by atoms with van der Waals surface area (Å²) in [6, 6.07) is 18.2. The Kier molecular flexibility index (Phi) is 7.64. The van der Waals surface area contributed by atoms with Gasteiger partial charge in [-0.2, -0.15) is 0 Å². The average Bonchev–Trinajstić information content (AvgIpc) is 2.72. The van der Waals surface area contributed by atoms with Crippen molar-refractivity contribution in [2.75, 3.05) is 6.61 Å². The van der Waals surface area contributed by atoms with Gasteiger partial charge in [0.1, 0.15) is 0 Å². The zero-order valence-corrected chi connectivity index (χ0v) is 16.4. The van der Waals surface area contributed by atoms with Crippen LogP contribution in [0.4, 0.5) is 0 Å². The molecule has 2 heterocycles. The van der Waals surface area contributed by atoms with Gasteiger partial charge in [-0.1, -0.05) is 82.2 Å². The molecule has 0 unspecified atom stereocenters. The summed E-state index contributed by atoms with van der Waals surface area (Å²) in [6.45, 7) is 2.99. The highest BCUT2D eigenvalue weighted by atomic mass is 16.5. The Labute approximate surface area is 162 Å². The maximum absolute atomic E-state index is 5.86. The lowest BCUT2D eigenvalue weighted by molar-refractivity contribution is 0.293. The van der Waals surface area contributed by atoms with Gasteiger partial charge >= 0.3 is 0 Å². The van der Waals surface area contributed by atoms with E-state index in [0.717, 1.165) is 35.3 Å². The van der Waals surface area contributed by atoms with E-state index in [4.69, 9.17) is 9.72 Å². The first kappa shape index (κ1) is 19.3. The Hall–Kier alpha value is -2.42. The van der Waals surface area contributed by atoms with E-state index in [0.29, 0.717) is 5.88 Å². The highest BCUT2D eigenvalue weighted by Crippen LogP contribution is 2.21. The average molecular weight is 363 g/mol. The number of pyridine rings is 2. The highest BCUT2D eigenvalue weighted by Gasteiger charge is 2.05. The van der Waals surface area contributed by atoms with Gasteiger partial charge < -0.3 is 4.74 Å². The minimum Gasteiger partial charge on any atom is -0.478 e. The number of ether oxygens (including phenoxy) is 1. The molecule has 0 bridgehead atoms. The van der Waals surface area contributed by atoms with E-state index < -0.39 is 0 Å². The van der Waals surface area contributed by atoms with Crippen LogP contribution in [0.3, 0.4) is 0 Å². The van der Waals surface area contributed by atoms with E-state index >= 15 is 0 Å². The molecule has 0 spiro atoms. The quantitative estimate of drug-likeness (QED) is 0.351. The van der Waals surface area contributed by atoms with Gasteiger partial charge in [0.15, 0.2) is 0 Å². The molecule has 0 N–H and O–H groups in total. The number of hydrogen-bond acceptors (Lipinski definition) is 3. The lowest BCUT2D eigenvalue weighted by Crippen LogP contribution is -2.00. The summed E-state index contributed by atoms with van der Waals surface area (Å²) in [7, 11) is 0. The summed E-state index contributed by atoms with van der Waals surface area (Å²) < 4.78 is 5.86. The van der Waals surface area contributed by atoms with Crippen LogP contribution in [0.5, 0.6) is 5.88 Å². The predicted octanol–water partition coefficient (Wildman–Crippen LogP) is 6.82. The SMILES string of the molecule is CCCCCCCCCCOc1cccc(-c2ccc3ccccc3n2)n1. The number of para-hydroxylation sites is 1. The molecule has 142 valence electrons. The number of fused-ring (bicyclic) bond motifs is 1. The minimum absolute atomic E-state index is 0.686. The molecule has 0 saturated heterocycles. The van der Waals surface area contributed by atoms with Crippen molar-refractivity contribution < 1.29 is 4.74 Å². The molecule has 0 amide bonds. The van der Waals surface area contributed by atoms with Crippen molar-refractivity contribution in [1.82, 2.24) is 9.97 Å². The number of benzene rings is 1. The summed E-state index contributed by atoms with van der Waals surface area (Å²) >= 11 is 0. The molecule has 0 atom stereocenters. The molecular formula is C24H30N2O. The van der Waals surface area contributed by atoms with Crippen molar-refractivity contribution in [2.24, 2.45) is 0 Å². The van der Waals surface area contributed by atoms with E-state index in [2.05, 4.69) is 24.0 Å². The van der Waals surface area contributed by atoms with E-state index in [1.807, 2.05) is 42.5 Å². The Morgan fingerprint density at radius 2 is 1.41 bits per heavy atom. The zero-order chi connectivity index (χ0) is 18.7. The van der Waals surface area contributed by atoms with Gasteiger partial charge in [0.05, 0.1) is 23.5 Å². The normalized spacial score (nSPS) is 11.0. The standard InChI is InChI=1S/C24H30N2O/c1-2-3-4-5-6-7-8-11-19-27-24-16-12-15-22(26-24)23-18-17-20-13-9-10-14-21(20)25-23/h9-10,12-18H,2-8,11,19H2,1H3. The Morgan fingerprint density at radius 1 is 0.667 bits per heavy atom. The van der Waals surface area contributed by atoms with Crippen molar-refractivity contribution in [1.29, 1.82) is 0 Å². The van der Waals surface area contributed by atoms with Gasteiger partial charge in [-0.15, -0.1) is 0 Å². The fraction of sp³-hybridized carbons (Fsp3) is 0.417. The number of aromatic nitrogens is 2. The fourth-order valence-electron chi connectivity index (χ4n) is 3.26. The lowest BCUT2D eigenvalue weighted by Gasteiger charge is -2.08. The summed E-state index contributed by atoms with van der Waals surface area (Å²) in [6.07, 6.45) is 10.4. The van der Waals surface area contributed by atoms with Crippen molar-refractivity contribution in [3.8, 4) is 17.3 Å². The van der Waals surface area contributed by atoms with Gasteiger partial charge in [0, 0.05) is 11.5 Å². The maximum Gasteiger partial charge on any atom is 0.213 e. The lowest BCUT2D eigenvalue weighted by atomic mass is 10.1. The van der Waals surface area contributed by atoms with Gasteiger partial charge in [-0.3, -0.25) is 0 Å². The first-order chi connectivity index (χ1) is 13.4. The van der Waals surface area contributed by atoms with Crippen LogP contribution in [-0.2, 0) is 0 Å². The van der Waals surface area contributed by atoms with Crippen LogP contribution in [-0.4, -0.2) is 16.6 Å². The van der Waals surface area contributed by atoms with Gasteiger partial charge in [0.25, 0.3) is 0 Å². The molecule has 0 aliphatic rings. The molecule has 0 aliphatic heterocycles. The Balaban J connectivity index is 1.47. The number of unbranched alkanes of at least 4 members (excludes halogenated alkanes) is 7. The molecule has 1 aromatic carbocycles. The van der Waals surface area contributed by atoms with Crippen LogP contribution in [0.1, 0.15) is 58.3 Å². The third-order valence-corrected chi connectivity index (χ3v) is 4.83. The van der Waals surface area contributed by atoms with Crippen molar-refractivity contribution >= 4 is 10.9 Å². The molecule has 0 aliphatic carbocycles. The second-order valence-electron chi connectivity index (χ2n) is 7.07. The van der Waals surface area contributed by atoms with Crippen LogP contribution >= 0.6 is 0 Å². The molecule has 3 rings (SSSR count). The molecule has 0 fully saturated rings. The highest BCUT2D eigenvalue weighted by molar-refractivity contribution is 5.80. The van der Waals surface area contributed by atoms with Gasteiger partial charge in [-0.05, 0) is 24.6 Å². The van der Waals surface area contributed by atoms with Crippen LogP contribution in [0, 0.1) is 0 Å². The first-order valence-electron chi connectivity index (χ1n) is 10.3. The fourth-order valence-corrected chi connectivity index (χ4v) is 3.26. The smallest absolute Gasteiger partial charge is 0.213 e. The summed E-state index contributed by atoms with van der Waals surface area (Å²) in [4.78, 5) is 9.35. The molecule has 27 heavy (non-hydrogen) atoms. The molecule has 0 saturated carbocycles. The van der Waals surface area contributed by atoms with Gasteiger partial charge in [0.2, 0.25) is 5.88 Å². The van der Waals surface area contributed by atoms with Gasteiger partial charge in [-0.25, -0.2) is 9.97 Å². The molecule has 3 heteroatoms. The summed E-state index contributed by atoms with van der Waals surface area (Å²) in [5.74, 6) is 0.686. The summed E-state index contributed by atoms with van der Waals surface area (Å²) in [5.41, 5.74) is 2.72. The van der Waals surface area contributed by atoms with Crippen LogP contribution in [0.2, 0.25) is 0 Å². The minimum atomic E-state index is 0.686. The molecule has 2 aromatic heterocycles. The number of rotatable bonds is 11. The second kappa shape index (κ2) is 10.7. The van der Waals surface area contributed by atoms with Crippen molar-refractivity contribution in [3.63, 3.8) is 0 Å². The number of hydrogen-bond donors (Lipinski definition) is 0. The van der Waals surface area contributed by atoms with E-state index in [1.54, 1.807) is 0 Å². The van der Waals surface area contributed by atoms with Crippen molar-refractivity contribution in [3.05, 3.63) is 54.6 Å². The monoisotopic (exact) mass is 362 g/mol. The van der Waals surface area contributed by atoms with Crippen molar-refractivity contribution in [2.45, 2.75) is 58.3 Å². The zero-order valence-electron chi connectivity index (χ0n) is 16.4. The largest absolute Gasteiger partial charge is 0.478 e. The second-order valence-corrected chi connectivity index (χ2v) is 7.07. The Bertz CT molecular complexity index is 831. The van der Waals surface area contributed by atoms with Crippen LogP contribution in [0.25, 0.3) is 22.3 Å². The topological polar surface area (TPSA) is 35.0 Å². The molecular weight excluding hydrogens is 332 g/mol. The van der Waals surface area contributed by atoms with E-state index in [-0.39, 0.29) is 0 Å². The Morgan fingerprint density at radius 3 is 2.26 bits per heavy atom. The van der Waals surface area contributed by atoms with Crippen LogP contribution in [0.15, 0.2) is 54.6 Å². The predicted molar refractivity (Wildman–Crippen MR) is 113 cm³/mol. The molecule has 0 radical (unpaired) electrons. The maximum atomic E-state index is 5.86. The first-order valence-corrected chi connectivity index (χ1v) is 10.3. The van der Waals surface area contributed by atoms with E-state index in [9.17, 15) is 0 Å². The van der Waals surface area contributed by atoms with Crippen LogP contribution < -0.4 is 4.74 Å². The summed E-state index contributed by atoms with van der Waals surface area (Å²) in [5, 5.41) is 1.14. The van der Waals surface area contributed by atoms with E-state index in [1.165, 1.54) is 44.9 Å². The third-order valence-electron chi connectivity index (χ3n) is 4.83. The molecule has 3 aromatic rings.